The number of thiazole rings is 1. The summed E-state index contributed by atoms with van der Waals surface area (Å²) < 4.78 is 5.29. The van der Waals surface area contributed by atoms with E-state index in [0.717, 1.165) is 22.4 Å². The molecule has 0 fully saturated rings. The number of rotatable bonds is 5. The molecule has 5 nitrogen and oxygen atoms in total. The zero-order valence-corrected chi connectivity index (χ0v) is 17.2. The van der Waals surface area contributed by atoms with Crippen LogP contribution in [-0.4, -0.2) is 23.0 Å². The molecular weight excluding hydrogens is 396 g/mol. The van der Waals surface area contributed by atoms with E-state index in [-0.39, 0.29) is 5.69 Å². The van der Waals surface area contributed by atoms with Crippen LogP contribution in [0.3, 0.4) is 0 Å². The number of carbonyl (C=O) groups is 2. The maximum atomic E-state index is 12.4. The fourth-order valence-electron chi connectivity index (χ4n) is 2.63. The number of nitrogens with one attached hydrogen (secondary N) is 1. The number of esters is 1. The summed E-state index contributed by atoms with van der Waals surface area (Å²) in [5, 5.41) is 5.68. The number of hydrogen-bond acceptors (Lipinski definition) is 5. The van der Waals surface area contributed by atoms with E-state index in [2.05, 4.69) is 10.3 Å². The Hall–Kier alpha value is -2.70. The van der Waals surface area contributed by atoms with Gasteiger partial charge in [-0.2, -0.15) is 0 Å². The van der Waals surface area contributed by atoms with Crippen molar-refractivity contribution in [1.82, 2.24) is 4.98 Å². The predicted octanol–water partition coefficient (Wildman–Crippen LogP) is 5.26. The van der Waals surface area contributed by atoms with E-state index in [9.17, 15) is 9.59 Å². The van der Waals surface area contributed by atoms with E-state index in [1.54, 1.807) is 17.5 Å². The normalized spacial score (nSPS) is 11.7. The van der Waals surface area contributed by atoms with Crippen LogP contribution in [0.25, 0.3) is 10.6 Å². The maximum absolute atomic E-state index is 12.4. The summed E-state index contributed by atoms with van der Waals surface area (Å²) >= 11 is 7.31. The third-order valence-electron chi connectivity index (χ3n) is 4.17. The average molecular weight is 415 g/mol. The van der Waals surface area contributed by atoms with Gasteiger partial charge >= 0.3 is 5.97 Å². The third-order valence-corrected chi connectivity index (χ3v) is 5.29. The van der Waals surface area contributed by atoms with Gasteiger partial charge in [0.15, 0.2) is 11.8 Å². The summed E-state index contributed by atoms with van der Waals surface area (Å²) in [6, 6.07) is 13.0. The molecule has 1 heterocycles. The molecule has 0 spiro atoms. The summed E-state index contributed by atoms with van der Waals surface area (Å²) in [6.07, 6.45) is -0.956. The van der Waals surface area contributed by atoms with E-state index >= 15 is 0 Å². The Morgan fingerprint density at radius 2 is 1.82 bits per heavy atom. The standard InChI is InChI=1S/C21H19ClN2O3S/c1-12-6-4-7-13(2)18(12)24-19(25)14(3)27-21(26)17-11-28-20(23-17)15-8-5-9-16(22)10-15/h4-11,14H,1-3H3,(H,24,25)/t14-/m1/s1. The number of amides is 1. The fraction of sp³-hybridized carbons (Fsp3) is 0.190. The first-order valence-corrected chi connectivity index (χ1v) is 9.90. The number of hydrogen-bond donors (Lipinski definition) is 1. The monoisotopic (exact) mass is 414 g/mol. The molecule has 1 N–H and O–H groups in total. The predicted molar refractivity (Wildman–Crippen MR) is 112 cm³/mol. The van der Waals surface area contributed by atoms with Crippen molar-refractivity contribution in [2.45, 2.75) is 26.9 Å². The largest absolute Gasteiger partial charge is 0.448 e. The van der Waals surface area contributed by atoms with Crippen LogP contribution in [0.2, 0.25) is 5.02 Å². The Balaban J connectivity index is 1.66. The SMILES string of the molecule is Cc1cccc(C)c1NC(=O)[C@@H](C)OC(=O)c1csc(-c2cccc(Cl)c2)n1. The summed E-state index contributed by atoms with van der Waals surface area (Å²) in [7, 11) is 0. The molecule has 0 bridgehead atoms. The quantitative estimate of drug-likeness (QED) is 0.578. The van der Waals surface area contributed by atoms with E-state index < -0.39 is 18.0 Å². The van der Waals surface area contributed by atoms with Crippen molar-refractivity contribution in [3.63, 3.8) is 0 Å². The van der Waals surface area contributed by atoms with Crippen LogP contribution in [-0.2, 0) is 9.53 Å². The molecule has 7 heteroatoms. The first-order valence-electron chi connectivity index (χ1n) is 8.64. The van der Waals surface area contributed by atoms with Crippen molar-refractivity contribution in [2.75, 3.05) is 5.32 Å². The topological polar surface area (TPSA) is 68.3 Å². The maximum Gasteiger partial charge on any atom is 0.358 e. The Kier molecular flexibility index (Phi) is 6.11. The molecule has 0 saturated heterocycles. The van der Waals surface area contributed by atoms with Gasteiger partial charge in [-0.3, -0.25) is 4.79 Å². The molecule has 0 radical (unpaired) electrons. The second-order valence-corrected chi connectivity index (χ2v) is 7.65. The number of aryl methyl sites for hydroxylation is 2. The highest BCUT2D eigenvalue weighted by Crippen LogP contribution is 2.26. The van der Waals surface area contributed by atoms with Gasteiger partial charge in [-0.25, -0.2) is 9.78 Å². The number of aromatic nitrogens is 1. The molecule has 3 rings (SSSR count). The smallest absolute Gasteiger partial charge is 0.358 e. The van der Waals surface area contributed by atoms with E-state index in [0.29, 0.717) is 10.0 Å². The van der Waals surface area contributed by atoms with Gasteiger partial charge in [0.05, 0.1) is 0 Å². The minimum Gasteiger partial charge on any atom is -0.448 e. The van der Waals surface area contributed by atoms with Gasteiger partial charge in [0.2, 0.25) is 0 Å². The van der Waals surface area contributed by atoms with Crippen LogP contribution in [0, 0.1) is 13.8 Å². The van der Waals surface area contributed by atoms with Crippen LogP contribution in [0.4, 0.5) is 5.69 Å². The van der Waals surface area contributed by atoms with Gasteiger partial charge in [-0.1, -0.05) is 41.9 Å². The molecule has 1 atom stereocenters. The van der Waals surface area contributed by atoms with Gasteiger partial charge in [0, 0.05) is 21.7 Å². The first kappa shape index (κ1) is 20.0. The van der Waals surface area contributed by atoms with E-state index in [4.69, 9.17) is 16.3 Å². The highest BCUT2D eigenvalue weighted by Gasteiger charge is 2.22. The molecule has 0 aliphatic carbocycles. The minimum atomic E-state index is -0.956. The molecule has 0 saturated carbocycles. The van der Waals surface area contributed by atoms with Crippen LogP contribution < -0.4 is 5.32 Å². The molecule has 28 heavy (non-hydrogen) atoms. The van der Waals surface area contributed by atoms with Crippen molar-refractivity contribution in [2.24, 2.45) is 0 Å². The number of ether oxygens (including phenoxy) is 1. The highest BCUT2D eigenvalue weighted by atomic mass is 35.5. The molecule has 0 unspecified atom stereocenters. The van der Waals surface area contributed by atoms with Gasteiger partial charge in [-0.05, 0) is 44.0 Å². The van der Waals surface area contributed by atoms with Crippen molar-refractivity contribution in [3.05, 3.63) is 69.7 Å². The van der Waals surface area contributed by atoms with Crippen LogP contribution in [0.15, 0.2) is 47.8 Å². The van der Waals surface area contributed by atoms with Crippen LogP contribution in [0.1, 0.15) is 28.5 Å². The molecular formula is C21H19ClN2O3S. The van der Waals surface area contributed by atoms with E-state index in [1.807, 2.05) is 44.2 Å². The molecule has 2 aromatic carbocycles. The van der Waals surface area contributed by atoms with Crippen LogP contribution in [0.5, 0.6) is 0 Å². The van der Waals surface area contributed by atoms with Crippen molar-refractivity contribution < 1.29 is 14.3 Å². The lowest BCUT2D eigenvalue weighted by atomic mass is 10.1. The molecule has 0 aliphatic heterocycles. The second-order valence-electron chi connectivity index (χ2n) is 6.35. The lowest BCUT2D eigenvalue weighted by Crippen LogP contribution is -2.30. The summed E-state index contributed by atoms with van der Waals surface area (Å²) in [6.45, 7) is 5.35. The minimum absolute atomic E-state index is 0.159. The lowest BCUT2D eigenvalue weighted by molar-refractivity contribution is -0.123. The van der Waals surface area contributed by atoms with Crippen molar-refractivity contribution in [1.29, 1.82) is 0 Å². The molecule has 1 aromatic heterocycles. The molecule has 144 valence electrons. The first-order chi connectivity index (χ1) is 13.3. The summed E-state index contributed by atoms with van der Waals surface area (Å²) in [5.74, 6) is -1.04. The molecule has 1 amide bonds. The van der Waals surface area contributed by atoms with Gasteiger partial charge in [-0.15, -0.1) is 11.3 Å². The van der Waals surface area contributed by atoms with Crippen LogP contribution >= 0.6 is 22.9 Å². The highest BCUT2D eigenvalue weighted by molar-refractivity contribution is 7.13. The molecule has 0 aliphatic rings. The number of halogens is 1. The Labute approximate surface area is 172 Å². The number of anilines is 1. The fourth-order valence-corrected chi connectivity index (χ4v) is 3.61. The summed E-state index contributed by atoms with van der Waals surface area (Å²) in [4.78, 5) is 29.1. The Morgan fingerprint density at radius 1 is 1.14 bits per heavy atom. The lowest BCUT2D eigenvalue weighted by Gasteiger charge is -2.15. The number of carbonyl (C=O) groups excluding carboxylic acids is 2. The zero-order chi connectivity index (χ0) is 20.3. The Bertz CT molecular complexity index is 1010. The number of para-hydroxylation sites is 1. The average Bonchev–Trinajstić information content (AvgIpc) is 3.15. The number of nitrogens with zero attached hydrogens (tertiary/aromatic N) is 1. The second kappa shape index (κ2) is 8.54. The third kappa shape index (κ3) is 4.58. The van der Waals surface area contributed by atoms with Gasteiger partial charge in [0.1, 0.15) is 5.01 Å². The van der Waals surface area contributed by atoms with Gasteiger partial charge < -0.3 is 10.1 Å². The zero-order valence-electron chi connectivity index (χ0n) is 15.7. The Morgan fingerprint density at radius 3 is 2.50 bits per heavy atom. The number of benzene rings is 2. The van der Waals surface area contributed by atoms with E-state index in [1.165, 1.54) is 18.3 Å². The van der Waals surface area contributed by atoms with Crippen molar-refractivity contribution >= 4 is 40.5 Å². The molecule has 3 aromatic rings. The summed E-state index contributed by atoms with van der Waals surface area (Å²) in [5.41, 5.74) is 3.59. The van der Waals surface area contributed by atoms with Crippen molar-refractivity contribution in [3.8, 4) is 10.6 Å². The van der Waals surface area contributed by atoms with Gasteiger partial charge in [0.25, 0.3) is 5.91 Å².